The Bertz CT molecular complexity index is 192. The van der Waals surface area contributed by atoms with Crippen LogP contribution in [-0.2, 0) is 9.47 Å². The van der Waals surface area contributed by atoms with Gasteiger partial charge in [-0.2, -0.15) is 0 Å². The van der Waals surface area contributed by atoms with Gasteiger partial charge in [-0.25, -0.2) is 0 Å². The third-order valence-corrected chi connectivity index (χ3v) is 3.64. The summed E-state index contributed by atoms with van der Waals surface area (Å²) in [7, 11) is 0. The van der Waals surface area contributed by atoms with Crippen LogP contribution in [0, 0.1) is 0 Å². The third kappa shape index (κ3) is 3.44. The highest BCUT2D eigenvalue weighted by atomic mass is 16.5. The van der Waals surface area contributed by atoms with E-state index in [0.29, 0.717) is 18.2 Å². The lowest BCUT2D eigenvalue weighted by molar-refractivity contribution is -0.0729. The van der Waals surface area contributed by atoms with E-state index in [4.69, 9.17) is 9.47 Å². The van der Waals surface area contributed by atoms with Gasteiger partial charge in [-0.1, -0.05) is 6.92 Å². The van der Waals surface area contributed by atoms with Crippen LogP contribution < -0.4 is 5.32 Å². The predicted molar refractivity (Wildman–Crippen MR) is 64.6 cm³/mol. The second-order valence-corrected chi connectivity index (χ2v) is 4.98. The number of nitrogens with one attached hydrogen (secondary N) is 1. The molecule has 1 heterocycles. The zero-order chi connectivity index (χ0) is 11.2. The number of ether oxygens (including phenoxy) is 2. The molecule has 3 nitrogen and oxygen atoms in total. The van der Waals surface area contributed by atoms with E-state index in [9.17, 15) is 0 Å². The average Bonchev–Trinajstić information content (AvgIpc) is 2.75. The topological polar surface area (TPSA) is 30.5 Å². The van der Waals surface area contributed by atoms with Crippen molar-refractivity contribution in [1.29, 1.82) is 0 Å². The van der Waals surface area contributed by atoms with Gasteiger partial charge in [0.25, 0.3) is 0 Å². The van der Waals surface area contributed by atoms with E-state index in [1.54, 1.807) is 0 Å². The van der Waals surface area contributed by atoms with Gasteiger partial charge in [0.05, 0.1) is 12.2 Å². The summed E-state index contributed by atoms with van der Waals surface area (Å²) < 4.78 is 11.6. The normalized spacial score (nSPS) is 32.1. The molecule has 0 aromatic carbocycles. The van der Waals surface area contributed by atoms with Crippen molar-refractivity contribution in [3.63, 3.8) is 0 Å². The Morgan fingerprint density at radius 2 is 2.00 bits per heavy atom. The van der Waals surface area contributed by atoms with E-state index in [-0.39, 0.29) is 0 Å². The van der Waals surface area contributed by atoms with Gasteiger partial charge in [0.1, 0.15) is 0 Å². The van der Waals surface area contributed by atoms with E-state index in [1.807, 2.05) is 0 Å². The van der Waals surface area contributed by atoms with Gasteiger partial charge in [0.15, 0.2) is 0 Å². The molecule has 2 rings (SSSR count). The fourth-order valence-corrected chi connectivity index (χ4v) is 2.71. The molecule has 16 heavy (non-hydrogen) atoms. The minimum atomic E-state index is 0.447. The first kappa shape index (κ1) is 12.3. The van der Waals surface area contributed by atoms with Crippen LogP contribution in [0.4, 0.5) is 0 Å². The maximum absolute atomic E-state index is 6.22. The number of hydrogen-bond donors (Lipinski definition) is 1. The Labute approximate surface area is 98.9 Å². The van der Waals surface area contributed by atoms with E-state index in [0.717, 1.165) is 32.6 Å². The van der Waals surface area contributed by atoms with Gasteiger partial charge >= 0.3 is 0 Å². The fourth-order valence-electron chi connectivity index (χ4n) is 2.71. The number of rotatable bonds is 5. The lowest BCUT2D eigenvalue weighted by Crippen LogP contribution is -2.40. The van der Waals surface area contributed by atoms with E-state index in [2.05, 4.69) is 12.2 Å². The molecule has 1 saturated heterocycles. The lowest BCUT2D eigenvalue weighted by atomic mass is 10.1. The van der Waals surface area contributed by atoms with Crippen LogP contribution in [0.2, 0.25) is 0 Å². The SMILES string of the molecule is CCCNC1CCCC1OC1CCOCC1. The molecule has 1 aliphatic carbocycles. The van der Waals surface area contributed by atoms with Gasteiger partial charge in [-0.05, 0) is 45.1 Å². The standard InChI is InChI=1S/C13H25NO2/c1-2-8-14-12-4-3-5-13(12)16-11-6-9-15-10-7-11/h11-14H,2-10H2,1H3. The summed E-state index contributed by atoms with van der Waals surface area (Å²) in [4.78, 5) is 0. The van der Waals surface area contributed by atoms with E-state index in [1.165, 1.54) is 25.7 Å². The van der Waals surface area contributed by atoms with Gasteiger partial charge in [0, 0.05) is 19.3 Å². The number of hydrogen-bond acceptors (Lipinski definition) is 3. The maximum Gasteiger partial charge on any atom is 0.0731 e. The summed E-state index contributed by atoms with van der Waals surface area (Å²) in [5, 5.41) is 3.61. The van der Waals surface area contributed by atoms with Crippen LogP contribution in [0.25, 0.3) is 0 Å². The Balaban J connectivity index is 1.73. The van der Waals surface area contributed by atoms with Crippen molar-refractivity contribution in [1.82, 2.24) is 5.32 Å². The van der Waals surface area contributed by atoms with Crippen molar-refractivity contribution in [2.75, 3.05) is 19.8 Å². The minimum Gasteiger partial charge on any atom is -0.381 e. The Morgan fingerprint density at radius 3 is 2.75 bits per heavy atom. The van der Waals surface area contributed by atoms with Crippen LogP contribution in [0.1, 0.15) is 45.4 Å². The van der Waals surface area contributed by atoms with Crippen LogP contribution in [0.15, 0.2) is 0 Å². The van der Waals surface area contributed by atoms with E-state index < -0.39 is 0 Å². The Kier molecular flexibility index (Phi) is 5.07. The van der Waals surface area contributed by atoms with Crippen LogP contribution in [-0.4, -0.2) is 38.0 Å². The highest BCUT2D eigenvalue weighted by Gasteiger charge is 2.30. The molecule has 0 spiro atoms. The molecule has 1 N–H and O–H groups in total. The highest BCUT2D eigenvalue weighted by molar-refractivity contribution is 4.85. The van der Waals surface area contributed by atoms with Gasteiger partial charge in [-0.15, -0.1) is 0 Å². The molecule has 0 radical (unpaired) electrons. The summed E-state index contributed by atoms with van der Waals surface area (Å²) in [6.45, 7) is 5.10. The van der Waals surface area contributed by atoms with Crippen molar-refractivity contribution < 1.29 is 9.47 Å². The van der Waals surface area contributed by atoms with Gasteiger partial charge < -0.3 is 14.8 Å². The molecule has 2 atom stereocenters. The molecule has 1 saturated carbocycles. The second-order valence-electron chi connectivity index (χ2n) is 4.98. The highest BCUT2D eigenvalue weighted by Crippen LogP contribution is 2.25. The average molecular weight is 227 g/mol. The summed E-state index contributed by atoms with van der Waals surface area (Å²) in [6, 6.07) is 0.600. The smallest absolute Gasteiger partial charge is 0.0731 e. The van der Waals surface area contributed by atoms with Crippen LogP contribution in [0.3, 0.4) is 0 Å². The first-order valence-electron chi connectivity index (χ1n) is 6.86. The fraction of sp³-hybridized carbons (Fsp3) is 1.00. The molecule has 3 heteroatoms. The van der Waals surface area contributed by atoms with Gasteiger partial charge in [-0.3, -0.25) is 0 Å². The molecule has 2 unspecified atom stereocenters. The van der Waals surface area contributed by atoms with Crippen molar-refractivity contribution in [2.45, 2.75) is 63.7 Å². The molecule has 1 aliphatic heterocycles. The summed E-state index contributed by atoms with van der Waals surface area (Å²) >= 11 is 0. The second kappa shape index (κ2) is 6.58. The molecule has 0 amide bonds. The first-order chi connectivity index (χ1) is 7.90. The Hall–Kier alpha value is -0.120. The summed E-state index contributed by atoms with van der Waals surface area (Å²) in [6.07, 6.45) is 8.11. The minimum absolute atomic E-state index is 0.447. The molecule has 0 bridgehead atoms. The van der Waals surface area contributed by atoms with Crippen molar-refractivity contribution in [2.24, 2.45) is 0 Å². The Morgan fingerprint density at radius 1 is 1.19 bits per heavy atom. The lowest BCUT2D eigenvalue weighted by Gasteiger charge is -2.29. The quantitative estimate of drug-likeness (QED) is 0.780. The van der Waals surface area contributed by atoms with Crippen molar-refractivity contribution in [3.8, 4) is 0 Å². The molecule has 0 aromatic rings. The summed E-state index contributed by atoms with van der Waals surface area (Å²) in [5.41, 5.74) is 0. The third-order valence-electron chi connectivity index (χ3n) is 3.64. The molecule has 2 aliphatic rings. The largest absolute Gasteiger partial charge is 0.381 e. The zero-order valence-electron chi connectivity index (χ0n) is 10.4. The zero-order valence-corrected chi connectivity index (χ0v) is 10.4. The molecule has 94 valence electrons. The van der Waals surface area contributed by atoms with E-state index >= 15 is 0 Å². The first-order valence-corrected chi connectivity index (χ1v) is 6.86. The van der Waals surface area contributed by atoms with Gasteiger partial charge in [0.2, 0.25) is 0 Å². The van der Waals surface area contributed by atoms with Crippen molar-refractivity contribution >= 4 is 0 Å². The molecule has 0 aromatic heterocycles. The monoisotopic (exact) mass is 227 g/mol. The molecular weight excluding hydrogens is 202 g/mol. The molecular formula is C13H25NO2. The summed E-state index contributed by atoms with van der Waals surface area (Å²) in [5.74, 6) is 0. The van der Waals surface area contributed by atoms with Crippen molar-refractivity contribution in [3.05, 3.63) is 0 Å². The predicted octanol–water partition coefficient (Wildman–Crippen LogP) is 2.10. The molecule has 2 fully saturated rings. The maximum atomic E-state index is 6.22. The van der Waals surface area contributed by atoms with Crippen LogP contribution in [0.5, 0.6) is 0 Å². The van der Waals surface area contributed by atoms with Crippen LogP contribution >= 0.6 is 0 Å².